The number of aliphatic hydroxyl groups is 1. The van der Waals surface area contributed by atoms with E-state index >= 15 is 0 Å². The van der Waals surface area contributed by atoms with Gasteiger partial charge in [0.15, 0.2) is 0 Å². The van der Waals surface area contributed by atoms with Crippen molar-refractivity contribution in [3.8, 4) is 5.75 Å². The van der Waals surface area contributed by atoms with Crippen LogP contribution in [-0.2, 0) is 0 Å². The van der Waals surface area contributed by atoms with Gasteiger partial charge in [-0.05, 0) is 56.4 Å². The molecule has 0 aliphatic heterocycles. The summed E-state index contributed by atoms with van der Waals surface area (Å²) in [6, 6.07) is 4.52. The van der Waals surface area contributed by atoms with Gasteiger partial charge in [-0.3, -0.25) is 0 Å². The molecule has 1 aliphatic rings. The molecule has 20 heavy (non-hydrogen) atoms. The van der Waals surface area contributed by atoms with Crippen molar-refractivity contribution in [3.63, 3.8) is 0 Å². The van der Waals surface area contributed by atoms with Crippen LogP contribution in [0.4, 0.5) is 0 Å². The average molecular weight is 277 g/mol. The van der Waals surface area contributed by atoms with Gasteiger partial charge in [-0.25, -0.2) is 0 Å². The number of ether oxygens (including phenoxy) is 1. The number of aliphatic hydroxyl groups excluding tert-OH is 1. The van der Waals surface area contributed by atoms with Crippen molar-refractivity contribution in [3.05, 3.63) is 28.8 Å². The molecule has 0 spiro atoms. The molecule has 3 nitrogen and oxygen atoms in total. The Labute approximate surface area is 122 Å². The molecule has 112 valence electrons. The lowest BCUT2D eigenvalue weighted by Crippen LogP contribution is -2.43. The molecule has 1 aromatic carbocycles. The minimum atomic E-state index is -0.188. The highest BCUT2D eigenvalue weighted by atomic mass is 16.5. The number of rotatable bonds is 5. The molecule has 1 aromatic rings. The Morgan fingerprint density at radius 3 is 2.70 bits per heavy atom. The Kier molecular flexibility index (Phi) is 5.44. The molecule has 1 aliphatic carbocycles. The van der Waals surface area contributed by atoms with E-state index < -0.39 is 0 Å². The van der Waals surface area contributed by atoms with E-state index in [-0.39, 0.29) is 12.1 Å². The maximum atomic E-state index is 9.90. The zero-order valence-corrected chi connectivity index (χ0v) is 12.9. The van der Waals surface area contributed by atoms with Gasteiger partial charge >= 0.3 is 0 Å². The first kappa shape index (κ1) is 15.3. The Hall–Kier alpha value is -1.06. The maximum absolute atomic E-state index is 9.90. The van der Waals surface area contributed by atoms with Crippen LogP contribution in [0.2, 0.25) is 0 Å². The quantitative estimate of drug-likeness (QED) is 0.813. The van der Waals surface area contributed by atoms with Crippen LogP contribution in [0.5, 0.6) is 5.75 Å². The number of benzene rings is 1. The van der Waals surface area contributed by atoms with Gasteiger partial charge < -0.3 is 15.2 Å². The first-order chi connectivity index (χ1) is 9.58. The SMILES string of the molecule is Cc1cc(C)c(C)c(OCCN[C@@H]2CCCC[C@H]2O)c1. The van der Waals surface area contributed by atoms with Crippen LogP contribution in [0.3, 0.4) is 0 Å². The monoisotopic (exact) mass is 277 g/mol. The Balaban J connectivity index is 1.78. The predicted molar refractivity (Wildman–Crippen MR) is 82.4 cm³/mol. The summed E-state index contributed by atoms with van der Waals surface area (Å²) in [6.45, 7) is 7.74. The van der Waals surface area contributed by atoms with Crippen LogP contribution in [0.25, 0.3) is 0 Å². The summed E-state index contributed by atoms with van der Waals surface area (Å²) in [6.07, 6.45) is 4.17. The average Bonchev–Trinajstić information content (AvgIpc) is 2.41. The van der Waals surface area contributed by atoms with E-state index in [1.807, 2.05) is 0 Å². The number of nitrogens with one attached hydrogen (secondary N) is 1. The van der Waals surface area contributed by atoms with Gasteiger partial charge in [0.1, 0.15) is 12.4 Å². The van der Waals surface area contributed by atoms with E-state index in [0.717, 1.165) is 31.6 Å². The Morgan fingerprint density at radius 1 is 1.20 bits per heavy atom. The van der Waals surface area contributed by atoms with Crippen molar-refractivity contribution in [1.82, 2.24) is 5.32 Å². The molecule has 3 heteroatoms. The van der Waals surface area contributed by atoms with Gasteiger partial charge in [-0.1, -0.05) is 18.9 Å². The lowest BCUT2D eigenvalue weighted by atomic mass is 9.93. The minimum absolute atomic E-state index is 0.188. The third-order valence-electron chi connectivity index (χ3n) is 4.26. The van der Waals surface area contributed by atoms with Gasteiger partial charge in [0.2, 0.25) is 0 Å². The van der Waals surface area contributed by atoms with Crippen LogP contribution in [-0.4, -0.2) is 30.4 Å². The Bertz CT molecular complexity index is 445. The minimum Gasteiger partial charge on any atom is -0.492 e. The van der Waals surface area contributed by atoms with E-state index in [1.54, 1.807) is 0 Å². The van der Waals surface area contributed by atoms with Crippen LogP contribution in [0, 0.1) is 20.8 Å². The summed E-state index contributed by atoms with van der Waals surface area (Å²) >= 11 is 0. The van der Waals surface area contributed by atoms with Gasteiger partial charge in [0, 0.05) is 12.6 Å². The second kappa shape index (κ2) is 7.09. The molecule has 0 heterocycles. The maximum Gasteiger partial charge on any atom is 0.122 e. The fraction of sp³-hybridized carbons (Fsp3) is 0.647. The zero-order chi connectivity index (χ0) is 14.5. The van der Waals surface area contributed by atoms with E-state index in [0.29, 0.717) is 6.61 Å². The lowest BCUT2D eigenvalue weighted by molar-refractivity contribution is 0.0890. The van der Waals surface area contributed by atoms with E-state index in [1.165, 1.54) is 23.1 Å². The van der Waals surface area contributed by atoms with E-state index in [4.69, 9.17) is 4.74 Å². The van der Waals surface area contributed by atoms with Crippen molar-refractivity contribution in [2.45, 2.75) is 58.6 Å². The molecule has 0 aromatic heterocycles. The number of hydrogen-bond acceptors (Lipinski definition) is 3. The Morgan fingerprint density at radius 2 is 1.95 bits per heavy atom. The summed E-state index contributed by atoms with van der Waals surface area (Å²) in [4.78, 5) is 0. The van der Waals surface area contributed by atoms with Crippen molar-refractivity contribution in [2.24, 2.45) is 0 Å². The third-order valence-corrected chi connectivity index (χ3v) is 4.26. The van der Waals surface area contributed by atoms with Gasteiger partial charge in [0.25, 0.3) is 0 Å². The second-order valence-corrected chi connectivity index (χ2v) is 5.97. The van der Waals surface area contributed by atoms with Gasteiger partial charge in [-0.2, -0.15) is 0 Å². The predicted octanol–water partition coefficient (Wildman–Crippen LogP) is 2.88. The summed E-state index contributed by atoms with van der Waals surface area (Å²) in [5, 5.41) is 13.3. The highest BCUT2D eigenvalue weighted by Gasteiger charge is 2.21. The highest BCUT2D eigenvalue weighted by Crippen LogP contribution is 2.23. The fourth-order valence-corrected chi connectivity index (χ4v) is 2.91. The topological polar surface area (TPSA) is 41.5 Å². The van der Waals surface area contributed by atoms with E-state index in [2.05, 4.69) is 38.2 Å². The molecule has 0 radical (unpaired) electrons. The van der Waals surface area contributed by atoms with Crippen LogP contribution in [0.15, 0.2) is 12.1 Å². The molecule has 0 unspecified atom stereocenters. The number of aryl methyl sites for hydroxylation is 2. The van der Waals surface area contributed by atoms with Gasteiger partial charge in [0.05, 0.1) is 6.10 Å². The summed E-state index contributed by atoms with van der Waals surface area (Å²) < 4.78 is 5.88. The zero-order valence-electron chi connectivity index (χ0n) is 12.9. The number of hydrogen-bond donors (Lipinski definition) is 2. The molecule has 2 atom stereocenters. The summed E-state index contributed by atoms with van der Waals surface area (Å²) in [7, 11) is 0. The van der Waals surface area contributed by atoms with Crippen molar-refractivity contribution < 1.29 is 9.84 Å². The standard InChI is InChI=1S/C17H27NO2/c1-12-10-13(2)14(3)17(11-12)20-9-8-18-15-6-4-5-7-16(15)19/h10-11,15-16,18-19H,4-9H2,1-3H3/t15-,16-/m1/s1. The normalized spacial score (nSPS) is 22.8. The lowest BCUT2D eigenvalue weighted by Gasteiger charge is -2.28. The third kappa shape index (κ3) is 3.97. The molecule has 2 rings (SSSR count). The van der Waals surface area contributed by atoms with Crippen molar-refractivity contribution in [1.29, 1.82) is 0 Å². The highest BCUT2D eigenvalue weighted by molar-refractivity contribution is 5.41. The van der Waals surface area contributed by atoms with Crippen LogP contribution < -0.4 is 10.1 Å². The second-order valence-electron chi connectivity index (χ2n) is 5.97. The van der Waals surface area contributed by atoms with Crippen molar-refractivity contribution in [2.75, 3.05) is 13.2 Å². The van der Waals surface area contributed by atoms with Gasteiger partial charge in [-0.15, -0.1) is 0 Å². The summed E-state index contributed by atoms with van der Waals surface area (Å²) in [5.41, 5.74) is 3.72. The molecule has 1 fully saturated rings. The molecule has 1 saturated carbocycles. The first-order valence-electron chi connectivity index (χ1n) is 7.70. The van der Waals surface area contributed by atoms with Crippen molar-refractivity contribution >= 4 is 0 Å². The fourth-order valence-electron chi connectivity index (χ4n) is 2.91. The molecule has 2 N–H and O–H groups in total. The molecular weight excluding hydrogens is 250 g/mol. The van der Waals surface area contributed by atoms with Crippen LogP contribution >= 0.6 is 0 Å². The van der Waals surface area contributed by atoms with Crippen LogP contribution in [0.1, 0.15) is 42.4 Å². The largest absolute Gasteiger partial charge is 0.492 e. The smallest absolute Gasteiger partial charge is 0.122 e. The molecule has 0 amide bonds. The molecule has 0 bridgehead atoms. The molecule has 0 saturated heterocycles. The van der Waals surface area contributed by atoms with E-state index in [9.17, 15) is 5.11 Å². The molecular formula is C17H27NO2. The summed E-state index contributed by atoms with van der Waals surface area (Å²) in [5.74, 6) is 0.980. The first-order valence-corrected chi connectivity index (χ1v) is 7.70.